The fraction of sp³-hybridized carbons (Fsp3) is 0.524. The van der Waals surface area contributed by atoms with E-state index in [9.17, 15) is 4.79 Å². The Morgan fingerprint density at radius 3 is 2.79 bits per heavy atom. The van der Waals surface area contributed by atoms with Gasteiger partial charge in [-0.15, -0.1) is 0 Å². The highest BCUT2D eigenvalue weighted by Gasteiger charge is 2.46. The van der Waals surface area contributed by atoms with Gasteiger partial charge >= 0.3 is 6.09 Å². The van der Waals surface area contributed by atoms with Crippen LogP contribution in [0.3, 0.4) is 0 Å². The molecular weight excluding hydrogens is 386 g/mol. The van der Waals surface area contributed by atoms with Gasteiger partial charge in [-0.05, 0) is 69.4 Å². The molecule has 0 unspecified atom stereocenters. The lowest BCUT2D eigenvalue weighted by molar-refractivity contribution is 0.0636. The first-order valence-electron chi connectivity index (χ1n) is 9.70. The van der Waals surface area contributed by atoms with Crippen molar-refractivity contribution < 1.29 is 9.53 Å². The number of anilines is 1. The monoisotopic (exact) mass is 413 g/mol. The summed E-state index contributed by atoms with van der Waals surface area (Å²) in [6.07, 6.45) is 2.57. The van der Waals surface area contributed by atoms with Crippen molar-refractivity contribution >= 4 is 24.0 Å². The van der Waals surface area contributed by atoms with E-state index in [1.165, 1.54) is 0 Å². The molecule has 154 valence electrons. The molecule has 3 rings (SSSR count). The third kappa shape index (κ3) is 5.04. The van der Waals surface area contributed by atoms with Crippen LogP contribution in [0.1, 0.15) is 51.4 Å². The third-order valence-electron chi connectivity index (χ3n) is 5.18. The molecule has 1 aliphatic rings. The molecule has 0 atom stereocenters. The number of nitrogens with zero attached hydrogens (tertiary/aromatic N) is 3. The Morgan fingerprint density at radius 2 is 2.21 bits per heavy atom. The summed E-state index contributed by atoms with van der Waals surface area (Å²) in [4.78, 5) is 16.6. The van der Waals surface area contributed by atoms with Crippen molar-refractivity contribution in [2.24, 2.45) is 13.0 Å². The summed E-state index contributed by atoms with van der Waals surface area (Å²) in [6.45, 7) is 5.50. The van der Waals surface area contributed by atoms with Crippen molar-refractivity contribution in [1.29, 1.82) is 5.26 Å². The van der Waals surface area contributed by atoms with Crippen LogP contribution < -0.4 is 5.32 Å². The average molecular weight is 414 g/mol. The number of benzene rings is 1. The lowest BCUT2D eigenvalue weighted by Gasteiger charge is -2.47. The Hall–Kier alpha value is -2.66. The van der Waals surface area contributed by atoms with E-state index in [0.29, 0.717) is 29.2 Å². The normalized spacial score (nSPS) is 21.1. The lowest BCUT2D eigenvalue weighted by atomic mass is 9.56. The molecule has 1 aromatic heterocycles. The predicted octanol–water partition coefficient (Wildman–Crippen LogP) is 4.63. The van der Waals surface area contributed by atoms with Gasteiger partial charge in [0.15, 0.2) is 0 Å². The molecule has 1 heterocycles. The number of nitriles is 1. The maximum atomic E-state index is 12.1. The minimum atomic E-state index is -0.557. The van der Waals surface area contributed by atoms with Gasteiger partial charge in [0.05, 0.1) is 6.07 Å². The van der Waals surface area contributed by atoms with E-state index >= 15 is 0 Å². The molecule has 7 nitrogen and oxygen atoms in total. The highest BCUT2D eigenvalue weighted by Crippen LogP contribution is 2.51. The lowest BCUT2D eigenvalue weighted by Crippen LogP contribution is -2.43. The first-order chi connectivity index (χ1) is 13.6. The quantitative estimate of drug-likeness (QED) is 0.697. The van der Waals surface area contributed by atoms with Crippen LogP contribution >= 0.6 is 12.2 Å². The molecule has 1 fully saturated rings. The molecule has 2 N–H and O–H groups in total. The molecule has 0 aliphatic heterocycles. The van der Waals surface area contributed by atoms with Crippen LogP contribution in [0.15, 0.2) is 24.3 Å². The molecule has 0 radical (unpaired) electrons. The van der Waals surface area contributed by atoms with Crippen LogP contribution in [0.25, 0.3) is 0 Å². The highest BCUT2D eigenvalue weighted by atomic mass is 32.1. The smallest absolute Gasteiger partial charge is 0.412 e. The topological polar surface area (TPSA) is 95.7 Å². The van der Waals surface area contributed by atoms with Crippen molar-refractivity contribution in [3.63, 3.8) is 0 Å². The van der Waals surface area contributed by atoms with E-state index in [-0.39, 0.29) is 5.41 Å². The highest BCUT2D eigenvalue weighted by molar-refractivity contribution is 7.71. The van der Waals surface area contributed by atoms with Crippen LogP contribution in [0, 0.1) is 22.0 Å². The zero-order valence-electron chi connectivity index (χ0n) is 17.3. The number of carbonyl (C=O) groups excluding carboxylic acids is 1. The number of aromatic amines is 1. The number of carbonyl (C=O) groups is 1. The predicted molar refractivity (Wildman–Crippen MR) is 113 cm³/mol. The largest absolute Gasteiger partial charge is 0.444 e. The van der Waals surface area contributed by atoms with E-state index in [2.05, 4.69) is 27.5 Å². The summed E-state index contributed by atoms with van der Waals surface area (Å²) in [5.41, 5.74) is 1.11. The minimum absolute atomic E-state index is 0.139. The van der Waals surface area contributed by atoms with Crippen molar-refractivity contribution in [3.05, 3.63) is 40.4 Å². The number of rotatable bonds is 5. The van der Waals surface area contributed by atoms with Crippen LogP contribution in [-0.2, 0) is 23.6 Å². The van der Waals surface area contributed by atoms with Gasteiger partial charge in [0, 0.05) is 31.0 Å². The Bertz CT molecular complexity index is 989. The van der Waals surface area contributed by atoms with Crippen molar-refractivity contribution in [3.8, 4) is 6.07 Å². The average Bonchev–Trinajstić information content (AvgIpc) is 2.88. The van der Waals surface area contributed by atoms with Gasteiger partial charge in [0.1, 0.15) is 11.4 Å². The number of ether oxygens (including phenoxy) is 1. The number of hydrogen-bond acceptors (Lipinski definition) is 5. The molecule has 1 aliphatic carbocycles. The van der Waals surface area contributed by atoms with Gasteiger partial charge in [0.25, 0.3) is 0 Å². The third-order valence-corrected chi connectivity index (χ3v) is 5.54. The van der Waals surface area contributed by atoms with E-state index in [4.69, 9.17) is 22.2 Å². The molecule has 1 amide bonds. The number of hydrogen-bond donors (Lipinski definition) is 2. The number of amides is 1. The number of aromatic nitrogens is 3. The second-order valence-electron chi connectivity index (χ2n) is 8.81. The summed E-state index contributed by atoms with van der Waals surface area (Å²) in [6, 6.07) is 10.1. The van der Waals surface area contributed by atoms with Crippen molar-refractivity contribution in [1.82, 2.24) is 14.8 Å². The minimum Gasteiger partial charge on any atom is -0.444 e. The Balaban J connectivity index is 1.84. The van der Waals surface area contributed by atoms with Gasteiger partial charge in [-0.2, -0.15) is 5.26 Å². The maximum Gasteiger partial charge on any atom is 0.412 e. The molecule has 2 aromatic rings. The zero-order chi connectivity index (χ0) is 21.2. The summed E-state index contributed by atoms with van der Waals surface area (Å²) >= 11 is 5.23. The Kier molecular flexibility index (Phi) is 5.80. The summed E-state index contributed by atoms with van der Waals surface area (Å²) in [7, 11) is 1.84. The maximum absolute atomic E-state index is 12.1. The Labute approximate surface area is 176 Å². The fourth-order valence-electron chi connectivity index (χ4n) is 4.01. The van der Waals surface area contributed by atoms with E-state index in [0.717, 1.165) is 24.2 Å². The second-order valence-corrected chi connectivity index (χ2v) is 9.18. The Morgan fingerprint density at radius 1 is 1.48 bits per heavy atom. The van der Waals surface area contributed by atoms with Crippen LogP contribution in [-0.4, -0.2) is 26.5 Å². The molecule has 1 saturated carbocycles. The molecule has 0 spiro atoms. The summed E-state index contributed by atoms with van der Waals surface area (Å²) in [5, 5.41) is 15.1. The number of H-pyrrole nitrogens is 1. The van der Waals surface area contributed by atoms with Crippen molar-refractivity contribution in [2.75, 3.05) is 5.32 Å². The molecule has 1 aromatic carbocycles. The van der Waals surface area contributed by atoms with Crippen molar-refractivity contribution in [2.45, 2.75) is 57.5 Å². The van der Waals surface area contributed by atoms with Gasteiger partial charge < -0.3 is 4.74 Å². The number of nitrogens with one attached hydrogen (secondary N) is 2. The van der Waals surface area contributed by atoms with Crippen LogP contribution in [0.5, 0.6) is 0 Å². The fourth-order valence-corrected chi connectivity index (χ4v) is 4.16. The molecule has 0 bridgehead atoms. The first-order valence-corrected chi connectivity index (χ1v) is 10.1. The summed E-state index contributed by atoms with van der Waals surface area (Å²) in [5.74, 6) is 1.20. The summed E-state index contributed by atoms with van der Waals surface area (Å²) < 4.78 is 7.60. The van der Waals surface area contributed by atoms with Gasteiger partial charge in [0.2, 0.25) is 4.77 Å². The van der Waals surface area contributed by atoms with E-state index < -0.39 is 11.7 Å². The molecular formula is C21H27N5O2S. The second kappa shape index (κ2) is 7.99. The number of aryl methyl sites for hydroxylation is 1. The first kappa shape index (κ1) is 21.1. The van der Waals surface area contributed by atoms with Crippen LogP contribution in [0.4, 0.5) is 10.5 Å². The van der Waals surface area contributed by atoms with Gasteiger partial charge in [-0.3, -0.25) is 15.1 Å². The SMILES string of the molecule is Cn1[nH]c(CC2(c3cccc(NC(=O)OC(C)(C)C)c3)CC(CC#N)C2)nc1=S. The van der Waals surface area contributed by atoms with E-state index in [1.54, 1.807) is 4.68 Å². The van der Waals surface area contributed by atoms with Gasteiger partial charge in [-0.25, -0.2) is 9.78 Å². The van der Waals surface area contributed by atoms with Crippen LogP contribution in [0.2, 0.25) is 0 Å². The van der Waals surface area contributed by atoms with E-state index in [1.807, 2.05) is 46.0 Å². The molecule has 8 heteroatoms. The van der Waals surface area contributed by atoms with Gasteiger partial charge in [-0.1, -0.05) is 12.1 Å². The molecule has 29 heavy (non-hydrogen) atoms. The standard InChI is InChI=1S/C21H27N5O2S/c1-20(2,3)28-19(27)23-16-7-5-6-15(10-16)21(11-14(12-21)8-9-22)13-17-24-18(29)26(4)25-17/h5-7,10,14H,8,11-13H2,1-4H3,(H,23,27)(H,24,25,29). The molecule has 0 saturated heterocycles. The zero-order valence-corrected chi connectivity index (χ0v) is 18.1.